The zero-order valence-corrected chi connectivity index (χ0v) is 14.4. The molecule has 0 spiro atoms. The molecule has 1 heterocycles. The van der Waals surface area contributed by atoms with Crippen LogP contribution < -0.4 is 5.73 Å². The SMILES string of the molecule is CCCN(CCc1cccc(F)c1)C(=O)C1(N)CCOCC1.Cl. The van der Waals surface area contributed by atoms with Crippen LogP contribution >= 0.6 is 12.4 Å². The molecular formula is C17H26ClFN2O2. The summed E-state index contributed by atoms with van der Waals surface area (Å²) < 4.78 is 18.5. The van der Waals surface area contributed by atoms with Crippen molar-refractivity contribution in [3.8, 4) is 0 Å². The normalized spacial score (nSPS) is 16.5. The quantitative estimate of drug-likeness (QED) is 0.862. The molecule has 1 fully saturated rings. The van der Waals surface area contributed by atoms with Crippen molar-refractivity contribution >= 4 is 18.3 Å². The van der Waals surface area contributed by atoms with Crippen molar-refractivity contribution in [3.63, 3.8) is 0 Å². The van der Waals surface area contributed by atoms with Gasteiger partial charge in [0.1, 0.15) is 5.82 Å². The molecule has 0 aromatic heterocycles. The summed E-state index contributed by atoms with van der Waals surface area (Å²) in [5, 5.41) is 0. The Morgan fingerprint density at radius 1 is 1.35 bits per heavy atom. The predicted octanol–water partition coefficient (Wildman–Crippen LogP) is 2.54. The molecule has 0 saturated carbocycles. The molecule has 2 rings (SSSR count). The molecular weight excluding hydrogens is 319 g/mol. The van der Waals surface area contributed by atoms with Gasteiger partial charge in [0, 0.05) is 26.3 Å². The van der Waals surface area contributed by atoms with E-state index in [0.29, 0.717) is 45.6 Å². The topological polar surface area (TPSA) is 55.6 Å². The van der Waals surface area contributed by atoms with E-state index in [0.717, 1.165) is 12.0 Å². The first-order valence-corrected chi connectivity index (χ1v) is 7.95. The largest absolute Gasteiger partial charge is 0.381 e. The van der Waals surface area contributed by atoms with Crippen molar-refractivity contribution in [2.24, 2.45) is 5.73 Å². The van der Waals surface area contributed by atoms with Crippen LogP contribution in [0, 0.1) is 5.82 Å². The van der Waals surface area contributed by atoms with E-state index in [1.54, 1.807) is 6.07 Å². The van der Waals surface area contributed by atoms with E-state index in [2.05, 4.69) is 0 Å². The first-order valence-electron chi connectivity index (χ1n) is 7.95. The number of rotatable bonds is 6. The van der Waals surface area contributed by atoms with Gasteiger partial charge in [-0.2, -0.15) is 0 Å². The molecule has 1 aliphatic heterocycles. The third-order valence-corrected chi connectivity index (χ3v) is 4.15. The molecule has 6 heteroatoms. The second kappa shape index (κ2) is 9.21. The second-order valence-electron chi connectivity index (χ2n) is 5.94. The van der Waals surface area contributed by atoms with Crippen molar-refractivity contribution < 1.29 is 13.9 Å². The second-order valence-corrected chi connectivity index (χ2v) is 5.94. The lowest BCUT2D eigenvalue weighted by Crippen LogP contribution is -2.58. The van der Waals surface area contributed by atoms with Crippen LogP contribution in [0.15, 0.2) is 24.3 Å². The molecule has 130 valence electrons. The summed E-state index contributed by atoms with van der Waals surface area (Å²) in [5.74, 6) is -0.250. The minimum Gasteiger partial charge on any atom is -0.381 e. The van der Waals surface area contributed by atoms with Crippen LogP contribution in [0.5, 0.6) is 0 Å². The van der Waals surface area contributed by atoms with Crippen LogP contribution in [-0.2, 0) is 16.0 Å². The lowest BCUT2D eigenvalue weighted by molar-refractivity contribution is -0.140. The van der Waals surface area contributed by atoms with E-state index in [1.807, 2.05) is 17.9 Å². The lowest BCUT2D eigenvalue weighted by atomic mass is 9.89. The highest BCUT2D eigenvalue weighted by Gasteiger charge is 2.38. The highest BCUT2D eigenvalue weighted by molar-refractivity contribution is 5.86. The highest BCUT2D eigenvalue weighted by Crippen LogP contribution is 2.21. The van der Waals surface area contributed by atoms with Gasteiger partial charge in [0.15, 0.2) is 0 Å². The van der Waals surface area contributed by atoms with Gasteiger partial charge in [-0.15, -0.1) is 12.4 Å². The Bertz CT molecular complexity index is 507. The summed E-state index contributed by atoms with van der Waals surface area (Å²) in [6.07, 6.45) is 2.63. The fourth-order valence-electron chi connectivity index (χ4n) is 2.81. The van der Waals surface area contributed by atoms with Gasteiger partial charge in [-0.25, -0.2) is 4.39 Å². The standard InChI is InChI=1S/C17H25FN2O2.ClH/c1-2-9-20(10-6-14-4-3-5-15(18)13-14)16(21)17(19)7-11-22-12-8-17;/h3-5,13H,2,6-12,19H2,1H3;1H. The first kappa shape index (κ1) is 19.9. The molecule has 2 N–H and O–H groups in total. The number of nitrogens with zero attached hydrogens (tertiary/aromatic N) is 1. The van der Waals surface area contributed by atoms with Gasteiger partial charge in [-0.05, 0) is 43.4 Å². The van der Waals surface area contributed by atoms with E-state index in [1.165, 1.54) is 12.1 Å². The van der Waals surface area contributed by atoms with Gasteiger partial charge in [0.2, 0.25) is 5.91 Å². The zero-order valence-electron chi connectivity index (χ0n) is 13.6. The van der Waals surface area contributed by atoms with Crippen LogP contribution in [0.3, 0.4) is 0 Å². The number of carbonyl (C=O) groups excluding carboxylic acids is 1. The third kappa shape index (κ3) is 5.44. The van der Waals surface area contributed by atoms with Gasteiger partial charge in [0.25, 0.3) is 0 Å². The van der Waals surface area contributed by atoms with E-state index >= 15 is 0 Å². The fraction of sp³-hybridized carbons (Fsp3) is 0.588. The molecule has 0 aliphatic carbocycles. The molecule has 1 aromatic rings. The maximum absolute atomic E-state index is 13.2. The van der Waals surface area contributed by atoms with Crippen LogP contribution in [0.2, 0.25) is 0 Å². The van der Waals surface area contributed by atoms with E-state index in [9.17, 15) is 9.18 Å². The van der Waals surface area contributed by atoms with Gasteiger partial charge in [-0.1, -0.05) is 19.1 Å². The van der Waals surface area contributed by atoms with Gasteiger partial charge in [0.05, 0.1) is 5.54 Å². The minimum atomic E-state index is -0.810. The number of benzene rings is 1. The van der Waals surface area contributed by atoms with Crippen LogP contribution in [0.4, 0.5) is 4.39 Å². The Morgan fingerprint density at radius 2 is 2.04 bits per heavy atom. The Kier molecular flexibility index (Phi) is 7.95. The van der Waals surface area contributed by atoms with E-state index < -0.39 is 5.54 Å². The first-order chi connectivity index (χ1) is 10.5. The van der Waals surface area contributed by atoms with Crippen molar-refractivity contribution in [2.45, 2.75) is 38.1 Å². The minimum absolute atomic E-state index is 0. The van der Waals surface area contributed by atoms with Crippen molar-refractivity contribution in [3.05, 3.63) is 35.6 Å². The summed E-state index contributed by atoms with van der Waals surface area (Å²) in [4.78, 5) is 14.6. The monoisotopic (exact) mass is 344 g/mol. The maximum Gasteiger partial charge on any atom is 0.242 e. The highest BCUT2D eigenvalue weighted by atomic mass is 35.5. The van der Waals surface area contributed by atoms with Crippen LogP contribution in [0.25, 0.3) is 0 Å². The Labute approximate surface area is 143 Å². The summed E-state index contributed by atoms with van der Waals surface area (Å²) >= 11 is 0. The zero-order chi connectivity index (χ0) is 16.0. The predicted molar refractivity (Wildman–Crippen MR) is 91.2 cm³/mol. The van der Waals surface area contributed by atoms with Crippen LogP contribution in [-0.4, -0.2) is 42.6 Å². The molecule has 1 aromatic carbocycles. The maximum atomic E-state index is 13.2. The number of halogens is 2. The lowest BCUT2D eigenvalue weighted by Gasteiger charge is -2.36. The average Bonchev–Trinajstić information content (AvgIpc) is 2.51. The Balaban J connectivity index is 0.00000264. The van der Waals surface area contributed by atoms with Crippen molar-refractivity contribution in [1.82, 2.24) is 4.90 Å². The van der Waals surface area contributed by atoms with Gasteiger partial charge >= 0.3 is 0 Å². The summed E-state index contributed by atoms with van der Waals surface area (Å²) in [7, 11) is 0. The number of hydrogen-bond donors (Lipinski definition) is 1. The molecule has 1 saturated heterocycles. The summed E-state index contributed by atoms with van der Waals surface area (Å²) in [6, 6.07) is 6.51. The molecule has 23 heavy (non-hydrogen) atoms. The van der Waals surface area contributed by atoms with Gasteiger partial charge in [-0.3, -0.25) is 4.79 Å². The third-order valence-electron chi connectivity index (χ3n) is 4.15. The molecule has 1 amide bonds. The number of nitrogens with two attached hydrogens (primary N) is 1. The Morgan fingerprint density at radius 3 is 2.65 bits per heavy atom. The fourth-order valence-corrected chi connectivity index (χ4v) is 2.81. The molecule has 4 nitrogen and oxygen atoms in total. The number of carbonyl (C=O) groups is 1. The average molecular weight is 345 g/mol. The number of hydrogen-bond acceptors (Lipinski definition) is 3. The smallest absolute Gasteiger partial charge is 0.242 e. The van der Waals surface area contributed by atoms with Crippen molar-refractivity contribution in [1.29, 1.82) is 0 Å². The Hall–Kier alpha value is -1.17. The molecule has 0 atom stereocenters. The molecule has 0 bridgehead atoms. The summed E-state index contributed by atoms with van der Waals surface area (Å²) in [6.45, 7) is 4.34. The number of ether oxygens (including phenoxy) is 1. The van der Waals surface area contributed by atoms with Gasteiger partial charge < -0.3 is 15.4 Å². The van der Waals surface area contributed by atoms with E-state index in [-0.39, 0.29) is 24.1 Å². The molecule has 0 unspecified atom stereocenters. The summed E-state index contributed by atoms with van der Waals surface area (Å²) in [5.41, 5.74) is 6.38. The molecule has 0 radical (unpaired) electrons. The van der Waals surface area contributed by atoms with E-state index in [4.69, 9.17) is 10.5 Å². The molecule has 1 aliphatic rings. The van der Waals surface area contributed by atoms with Crippen LogP contribution in [0.1, 0.15) is 31.7 Å². The number of amides is 1. The van der Waals surface area contributed by atoms with Crippen molar-refractivity contribution in [2.75, 3.05) is 26.3 Å².